The van der Waals surface area contributed by atoms with E-state index in [1.54, 1.807) is 0 Å². The van der Waals surface area contributed by atoms with Crippen LogP contribution in [0.4, 0.5) is 0 Å². The summed E-state index contributed by atoms with van der Waals surface area (Å²) in [7, 11) is -1.25. The van der Waals surface area contributed by atoms with Gasteiger partial charge in [-0.3, -0.25) is 4.79 Å². The van der Waals surface area contributed by atoms with Gasteiger partial charge in [0.15, 0.2) is 0 Å². The van der Waals surface area contributed by atoms with Crippen LogP contribution in [0.1, 0.15) is 35.7 Å². The number of allylic oxidation sites excluding steroid dienone is 2. The lowest BCUT2D eigenvalue weighted by atomic mass is 9.91. The zero-order valence-electron chi connectivity index (χ0n) is 19.2. The van der Waals surface area contributed by atoms with Crippen molar-refractivity contribution in [3.8, 4) is 0 Å². The number of carbonyl (C=O) groups is 1. The lowest BCUT2D eigenvalue weighted by Gasteiger charge is -2.39. The van der Waals surface area contributed by atoms with Gasteiger partial charge in [-0.2, -0.15) is 0 Å². The number of amides is 1. The highest BCUT2D eigenvalue weighted by atomic mass is 32.2. The van der Waals surface area contributed by atoms with E-state index in [0.717, 1.165) is 29.0 Å². The maximum absolute atomic E-state index is 13.3. The van der Waals surface area contributed by atoms with Crippen LogP contribution in [0.25, 0.3) is 0 Å². The van der Waals surface area contributed by atoms with Crippen molar-refractivity contribution in [2.75, 3.05) is 19.6 Å². The van der Waals surface area contributed by atoms with E-state index in [1.165, 1.54) is 0 Å². The summed E-state index contributed by atoms with van der Waals surface area (Å²) in [5, 5.41) is 4.30. The van der Waals surface area contributed by atoms with E-state index in [2.05, 4.69) is 29.4 Å². The van der Waals surface area contributed by atoms with Crippen LogP contribution < -0.4 is 0 Å². The van der Waals surface area contributed by atoms with Crippen LogP contribution in [0.5, 0.6) is 0 Å². The third kappa shape index (κ3) is 4.76. The lowest BCUT2D eigenvalue weighted by Crippen LogP contribution is -2.54. The Hall–Kier alpha value is -3.03. The predicted molar refractivity (Wildman–Crippen MR) is 134 cm³/mol. The van der Waals surface area contributed by atoms with Gasteiger partial charge in [-0.1, -0.05) is 65.8 Å². The van der Waals surface area contributed by atoms with Gasteiger partial charge in [-0.05, 0) is 37.1 Å². The van der Waals surface area contributed by atoms with Crippen molar-refractivity contribution in [3.63, 3.8) is 0 Å². The normalized spacial score (nSPS) is 25.9. The van der Waals surface area contributed by atoms with Gasteiger partial charge in [0, 0.05) is 43.6 Å². The number of hydrogen-bond donors (Lipinski definition) is 0. The Morgan fingerprint density at radius 2 is 1.79 bits per heavy atom. The second-order valence-corrected chi connectivity index (χ2v) is 10.4. The summed E-state index contributed by atoms with van der Waals surface area (Å²) in [5.41, 5.74) is 2.77. The lowest BCUT2D eigenvalue weighted by molar-refractivity contribution is 0.0556. The third-order valence-electron chi connectivity index (χ3n) is 6.67. The van der Waals surface area contributed by atoms with Crippen LogP contribution in [0.2, 0.25) is 0 Å². The molecule has 6 nitrogen and oxygen atoms in total. The quantitative estimate of drug-likeness (QED) is 0.653. The minimum Gasteiger partial charge on any atom is -0.391 e. The van der Waals surface area contributed by atoms with E-state index in [9.17, 15) is 9.00 Å². The largest absolute Gasteiger partial charge is 0.391 e. The molecule has 5 rings (SSSR count). The summed E-state index contributed by atoms with van der Waals surface area (Å²) in [5.74, 6) is 0.245. The van der Waals surface area contributed by atoms with Crippen LogP contribution in [0.15, 0.2) is 89.0 Å². The van der Waals surface area contributed by atoms with Crippen LogP contribution in [0, 0.1) is 5.92 Å². The smallest absolute Gasteiger partial charge is 0.253 e. The van der Waals surface area contributed by atoms with Gasteiger partial charge in [0.25, 0.3) is 5.91 Å². The van der Waals surface area contributed by atoms with Gasteiger partial charge in [-0.15, -0.1) is 0 Å². The molecule has 176 valence electrons. The van der Waals surface area contributed by atoms with Crippen LogP contribution in [0.3, 0.4) is 0 Å². The molecular formula is C27H29N3O3S. The SMILES string of the molecule is C[C@@H]1CN(C(=O)c2ccccc2)CCN1S(=O)C1=CCC(C2CC(c3ccccc3)=NO2)C=C1. The topological polar surface area (TPSA) is 62.2 Å². The molecule has 0 spiro atoms. The van der Waals surface area contributed by atoms with E-state index < -0.39 is 11.0 Å². The van der Waals surface area contributed by atoms with Crippen molar-refractivity contribution in [2.24, 2.45) is 11.1 Å². The van der Waals surface area contributed by atoms with Crippen molar-refractivity contribution < 1.29 is 13.8 Å². The summed E-state index contributed by atoms with van der Waals surface area (Å²) in [6.45, 7) is 3.75. The Morgan fingerprint density at radius 1 is 1.06 bits per heavy atom. The molecule has 0 aromatic heterocycles. The van der Waals surface area contributed by atoms with Crippen molar-refractivity contribution >= 4 is 22.6 Å². The van der Waals surface area contributed by atoms with Crippen molar-refractivity contribution in [3.05, 3.63) is 94.9 Å². The number of nitrogens with zero attached hydrogens (tertiary/aromatic N) is 3. The maximum atomic E-state index is 13.3. The highest BCUT2D eigenvalue weighted by molar-refractivity contribution is 7.86. The third-order valence-corrected chi connectivity index (χ3v) is 8.34. The number of carbonyl (C=O) groups excluding carboxylic acids is 1. The summed E-state index contributed by atoms with van der Waals surface area (Å²) >= 11 is 0. The number of hydrogen-bond acceptors (Lipinski definition) is 4. The fourth-order valence-corrected chi connectivity index (χ4v) is 6.07. The molecule has 2 aliphatic heterocycles. The molecule has 4 atom stereocenters. The van der Waals surface area contributed by atoms with Crippen LogP contribution in [-0.4, -0.2) is 56.8 Å². The van der Waals surface area contributed by atoms with Crippen molar-refractivity contribution in [1.29, 1.82) is 0 Å². The highest BCUT2D eigenvalue weighted by Gasteiger charge is 2.33. The minimum atomic E-state index is -1.25. The van der Waals surface area contributed by atoms with E-state index in [4.69, 9.17) is 4.84 Å². The van der Waals surface area contributed by atoms with Crippen molar-refractivity contribution in [2.45, 2.75) is 31.9 Å². The molecule has 1 fully saturated rings. The standard InChI is InChI=1S/C27H29N3O3S/c1-20-19-29(27(31)23-10-6-3-7-11-23)16-17-30(20)34(32)24-14-12-22(13-15-24)26-18-25(28-33-26)21-8-4-2-5-9-21/h2-12,14-15,20,22,26H,13,16-19H2,1H3/t20-,22?,26?,34?/m1/s1. The molecule has 1 aliphatic carbocycles. The molecule has 2 heterocycles. The van der Waals surface area contributed by atoms with Gasteiger partial charge in [0.2, 0.25) is 0 Å². The summed E-state index contributed by atoms with van der Waals surface area (Å²) in [6.07, 6.45) is 7.71. The number of piperazine rings is 1. The Balaban J connectivity index is 1.15. The Kier molecular flexibility index (Phi) is 6.74. The van der Waals surface area contributed by atoms with Gasteiger partial charge in [-0.25, -0.2) is 8.51 Å². The van der Waals surface area contributed by atoms with E-state index in [-0.39, 0.29) is 24.0 Å². The van der Waals surface area contributed by atoms with Crippen LogP contribution in [-0.2, 0) is 15.8 Å². The molecule has 0 saturated carbocycles. The average molecular weight is 476 g/mol. The molecule has 3 aliphatic rings. The zero-order chi connectivity index (χ0) is 23.5. The predicted octanol–water partition coefficient (Wildman–Crippen LogP) is 4.15. The van der Waals surface area contributed by atoms with E-state index in [1.807, 2.05) is 70.7 Å². The molecular weight excluding hydrogens is 446 g/mol. The molecule has 34 heavy (non-hydrogen) atoms. The number of benzene rings is 2. The zero-order valence-corrected chi connectivity index (χ0v) is 20.1. The molecule has 2 aromatic carbocycles. The van der Waals surface area contributed by atoms with E-state index in [0.29, 0.717) is 25.2 Å². The van der Waals surface area contributed by atoms with Crippen molar-refractivity contribution in [1.82, 2.24) is 9.21 Å². The molecule has 7 heteroatoms. The molecule has 1 saturated heterocycles. The fraction of sp³-hybridized carbons (Fsp3) is 0.333. The molecule has 0 N–H and O–H groups in total. The van der Waals surface area contributed by atoms with Gasteiger partial charge >= 0.3 is 0 Å². The first-order chi connectivity index (χ1) is 16.6. The van der Waals surface area contributed by atoms with Gasteiger partial charge in [0.1, 0.15) is 17.1 Å². The molecule has 2 aromatic rings. The maximum Gasteiger partial charge on any atom is 0.253 e. The summed E-state index contributed by atoms with van der Waals surface area (Å²) < 4.78 is 15.3. The number of oxime groups is 1. The first-order valence-corrected chi connectivity index (χ1v) is 12.9. The Bertz CT molecular complexity index is 1150. The summed E-state index contributed by atoms with van der Waals surface area (Å²) in [4.78, 5) is 21.2. The minimum absolute atomic E-state index is 0.00385. The second kappa shape index (κ2) is 10.1. The highest BCUT2D eigenvalue weighted by Crippen LogP contribution is 2.30. The molecule has 0 radical (unpaired) electrons. The van der Waals surface area contributed by atoms with E-state index >= 15 is 0 Å². The monoisotopic (exact) mass is 475 g/mol. The van der Waals surface area contributed by atoms with Gasteiger partial charge < -0.3 is 9.74 Å². The summed E-state index contributed by atoms with van der Waals surface area (Å²) in [6, 6.07) is 19.5. The molecule has 0 bridgehead atoms. The number of rotatable bonds is 5. The Morgan fingerprint density at radius 3 is 2.47 bits per heavy atom. The first-order valence-electron chi connectivity index (χ1n) is 11.8. The molecule has 3 unspecified atom stereocenters. The first kappa shape index (κ1) is 22.7. The Labute approximate surface area is 203 Å². The average Bonchev–Trinajstić information content (AvgIpc) is 3.39. The fourth-order valence-electron chi connectivity index (χ4n) is 4.72. The van der Waals surface area contributed by atoms with Gasteiger partial charge in [0.05, 0.1) is 10.6 Å². The second-order valence-electron chi connectivity index (χ2n) is 8.97. The van der Waals surface area contributed by atoms with Crippen LogP contribution >= 0.6 is 0 Å². The molecule has 1 amide bonds.